The fraction of sp³-hybridized carbons (Fsp3) is 0.235. The van der Waals surface area contributed by atoms with Gasteiger partial charge in [0.2, 0.25) is 0 Å². The smallest absolute Gasteiger partial charge is 0.338 e. The molecule has 0 N–H and O–H groups in total. The number of nitrogens with zero attached hydrogens (tertiary/aromatic N) is 2. The number of methoxy groups -OCH3 is 1. The van der Waals surface area contributed by atoms with Crippen LogP contribution in [0.25, 0.3) is 11.8 Å². The van der Waals surface area contributed by atoms with Crippen LogP contribution in [0.3, 0.4) is 0 Å². The Morgan fingerprint density at radius 1 is 1.02 bits per heavy atom. The summed E-state index contributed by atoms with van der Waals surface area (Å²) in [6.45, 7) is 7.48. The second kappa shape index (κ2) is 12.6. The number of aromatic nitrogens is 1. The Bertz CT molecular complexity index is 1890. The van der Waals surface area contributed by atoms with Crippen molar-refractivity contribution in [2.75, 3.05) is 13.7 Å². The predicted octanol–water partition coefficient (Wildman–Crippen LogP) is 4.99. The minimum atomic E-state index is -0.755. The molecule has 9 heteroatoms. The van der Waals surface area contributed by atoms with Gasteiger partial charge < -0.3 is 14.2 Å². The molecule has 0 saturated carbocycles. The maximum Gasteiger partial charge on any atom is 0.338 e. The molecule has 0 spiro atoms. The van der Waals surface area contributed by atoms with Crippen LogP contribution in [-0.2, 0) is 14.3 Å². The van der Waals surface area contributed by atoms with Crippen molar-refractivity contribution in [2.45, 2.75) is 39.7 Å². The van der Waals surface area contributed by atoms with Crippen molar-refractivity contribution in [3.05, 3.63) is 120 Å². The quantitative estimate of drug-likeness (QED) is 0.210. The van der Waals surface area contributed by atoms with Gasteiger partial charge in [-0.25, -0.2) is 9.79 Å². The van der Waals surface area contributed by atoms with E-state index in [1.54, 1.807) is 35.8 Å². The van der Waals surface area contributed by atoms with E-state index >= 15 is 0 Å². The van der Waals surface area contributed by atoms with Gasteiger partial charge in [-0.05, 0) is 47.7 Å². The first kappa shape index (κ1) is 29.7. The van der Waals surface area contributed by atoms with E-state index in [-0.39, 0.29) is 17.9 Å². The molecular weight excluding hydrogens is 564 g/mol. The first-order valence-corrected chi connectivity index (χ1v) is 14.8. The number of benzene rings is 3. The van der Waals surface area contributed by atoms with E-state index in [4.69, 9.17) is 19.2 Å². The van der Waals surface area contributed by atoms with Crippen LogP contribution in [0.15, 0.2) is 88.2 Å². The van der Waals surface area contributed by atoms with Crippen LogP contribution in [0.5, 0.6) is 11.5 Å². The van der Waals surface area contributed by atoms with Crippen molar-refractivity contribution in [1.29, 1.82) is 0 Å². The van der Waals surface area contributed by atoms with Gasteiger partial charge in [-0.15, -0.1) is 0 Å². The Hall–Kier alpha value is -4.76. The molecule has 1 aromatic heterocycles. The molecule has 2 heterocycles. The lowest BCUT2D eigenvalue weighted by atomic mass is 9.91. The summed E-state index contributed by atoms with van der Waals surface area (Å²) in [5.41, 5.74) is 3.82. The lowest BCUT2D eigenvalue weighted by Crippen LogP contribution is -2.40. The summed E-state index contributed by atoms with van der Waals surface area (Å²) in [6.07, 6.45) is 1.74. The number of esters is 2. The number of rotatable bonds is 8. The van der Waals surface area contributed by atoms with Gasteiger partial charge in [0.1, 0.15) is 0 Å². The molecule has 220 valence electrons. The van der Waals surface area contributed by atoms with Crippen molar-refractivity contribution in [3.8, 4) is 11.5 Å². The monoisotopic (exact) mass is 596 g/mol. The predicted molar refractivity (Wildman–Crippen MR) is 166 cm³/mol. The highest BCUT2D eigenvalue weighted by Crippen LogP contribution is 2.35. The van der Waals surface area contributed by atoms with Crippen LogP contribution in [0.2, 0.25) is 0 Å². The van der Waals surface area contributed by atoms with Crippen molar-refractivity contribution < 1.29 is 23.8 Å². The van der Waals surface area contributed by atoms with Crippen LogP contribution in [0.1, 0.15) is 61.9 Å². The second-order valence-electron chi connectivity index (χ2n) is 10.3. The van der Waals surface area contributed by atoms with Crippen LogP contribution in [-0.4, -0.2) is 30.2 Å². The Morgan fingerprint density at radius 2 is 1.74 bits per heavy atom. The van der Waals surface area contributed by atoms with Crippen LogP contribution < -0.4 is 24.4 Å². The molecular formula is C34H32N2O6S. The van der Waals surface area contributed by atoms with E-state index in [2.05, 4.69) is 13.8 Å². The summed E-state index contributed by atoms with van der Waals surface area (Å²) in [5.74, 6) is -0.0309. The molecule has 0 radical (unpaired) electrons. The van der Waals surface area contributed by atoms with Gasteiger partial charge in [0, 0.05) is 12.5 Å². The summed E-state index contributed by atoms with van der Waals surface area (Å²) in [5, 5.41) is 0. The average Bonchev–Trinajstić information content (AvgIpc) is 3.31. The lowest BCUT2D eigenvalue weighted by Gasteiger charge is -2.26. The maximum absolute atomic E-state index is 14.1. The lowest BCUT2D eigenvalue weighted by molar-refractivity contribution is -0.139. The third kappa shape index (κ3) is 6.08. The van der Waals surface area contributed by atoms with E-state index in [1.807, 2.05) is 54.6 Å². The molecule has 0 bridgehead atoms. The number of hydrogen-bond donors (Lipinski definition) is 0. The highest BCUT2D eigenvalue weighted by atomic mass is 32.1. The summed E-state index contributed by atoms with van der Waals surface area (Å²) >= 11 is 1.23. The fourth-order valence-corrected chi connectivity index (χ4v) is 5.98. The van der Waals surface area contributed by atoms with Crippen molar-refractivity contribution in [3.63, 3.8) is 0 Å². The molecule has 0 fully saturated rings. The normalized spacial score (nSPS) is 14.7. The number of fused-ring (bicyclic) bond motifs is 1. The van der Waals surface area contributed by atoms with E-state index in [0.717, 1.165) is 16.7 Å². The number of hydrogen-bond acceptors (Lipinski definition) is 8. The molecule has 4 aromatic rings. The van der Waals surface area contributed by atoms with Gasteiger partial charge in [-0.3, -0.25) is 14.2 Å². The molecule has 0 unspecified atom stereocenters. The Kier molecular flexibility index (Phi) is 8.73. The molecule has 0 aliphatic carbocycles. The van der Waals surface area contributed by atoms with E-state index in [9.17, 15) is 14.4 Å². The fourth-order valence-electron chi connectivity index (χ4n) is 4.98. The minimum absolute atomic E-state index is 0.180. The van der Waals surface area contributed by atoms with Gasteiger partial charge in [-0.2, -0.15) is 0 Å². The topological polar surface area (TPSA) is 96.2 Å². The van der Waals surface area contributed by atoms with Crippen molar-refractivity contribution in [1.82, 2.24) is 4.57 Å². The number of carbonyl (C=O) groups excluding carboxylic acids is 2. The zero-order chi connectivity index (χ0) is 30.7. The SMILES string of the molecule is CCOC(=O)C1=C(c2ccccc2)N=c2s/c(=C\c3ccc(OC(C)=O)c(OC)c3)c(=O)n2[C@H]1c1ccc(C(C)C)cc1. The molecule has 43 heavy (non-hydrogen) atoms. The molecule has 0 amide bonds. The molecule has 0 saturated heterocycles. The maximum atomic E-state index is 14.1. The Balaban J connectivity index is 1.76. The number of carbonyl (C=O) groups is 2. The van der Waals surface area contributed by atoms with Crippen molar-refractivity contribution >= 4 is 35.0 Å². The largest absolute Gasteiger partial charge is 0.493 e. The van der Waals surface area contributed by atoms with E-state index in [1.165, 1.54) is 25.4 Å². The van der Waals surface area contributed by atoms with Gasteiger partial charge in [0.05, 0.1) is 35.6 Å². The van der Waals surface area contributed by atoms with Gasteiger partial charge in [0.15, 0.2) is 16.3 Å². The van der Waals surface area contributed by atoms with Gasteiger partial charge in [-0.1, -0.05) is 85.8 Å². The van der Waals surface area contributed by atoms with Crippen LogP contribution in [0, 0.1) is 0 Å². The van der Waals surface area contributed by atoms with Gasteiger partial charge >= 0.3 is 11.9 Å². The molecule has 3 aromatic carbocycles. The standard InChI is InChI=1S/C34H32N2O6S/c1-6-41-33(39)29-30(24-10-8-7-9-11-24)35-34-36(31(29)25-15-13-23(14-16-25)20(2)3)32(38)28(43-34)19-22-12-17-26(42-21(4)37)27(18-22)40-5/h7-20,31H,6H2,1-5H3/b28-19-/t31-/m0/s1. The van der Waals surface area contributed by atoms with Crippen LogP contribution >= 0.6 is 11.3 Å². The number of ether oxygens (including phenoxy) is 3. The average molecular weight is 597 g/mol. The molecule has 1 atom stereocenters. The zero-order valence-electron chi connectivity index (χ0n) is 24.6. The summed E-state index contributed by atoms with van der Waals surface area (Å²) in [6, 6.07) is 21.7. The molecule has 1 aliphatic heterocycles. The second-order valence-corrected chi connectivity index (χ2v) is 11.3. The van der Waals surface area contributed by atoms with E-state index < -0.39 is 18.0 Å². The highest BCUT2D eigenvalue weighted by molar-refractivity contribution is 7.07. The molecule has 1 aliphatic rings. The van der Waals surface area contributed by atoms with Crippen LogP contribution in [0.4, 0.5) is 0 Å². The van der Waals surface area contributed by atoms with E-state index in [0.29, 0.717) is 37.8 Å². The first-order chi connectivity index (χ1) is 20.7. The minimum Gasteiger partial charge on any atom is -0.493 e. The Labute approximate surface area is 253 Å². The summed E-state index contributed by atoms with van der Waals surface area (Å²) in [4.78, 5) is 44.6. The Morgan fingerprint density at radius 3 is 2.37 bits per heavy atom. The zero-order valence-corrected chi connectivity index (χ0v) is 25.4. The highest BCUT2D eigenvalue weighted by Gasteiger charge is 2.35. The summed E-state index contributed by atoms with van der Waals surface area (Å²) in [7, 11) is 1.48. The molecule has 8 nitrogen and oxygen atoms in total. The third-order valence-corrected chi connectivity index (χ3v) is 8.01. The van der Waals surface area contributed by atoms with Gasteiger partial charge in [0.25, 0.3) is 5.56 Å². The molecule has 5 rings (SSSR count). The first-order valence-electron chi connectivity index (χ1n) is 14.0. The summed E-state index contributed by atoms with van der Waals surface area (Å²) < 4.78 is 18.2. The number of thiazole rings is 1. The van der Waals surface area contributed by atoms with Crippen molar-refractivity contribution in [2.24, 2.45) is 4.99 Å². The third-order valence-electron chi connectivity index (χ3n) is 7.03.